The highest BCUT2D eigenvalue weighted by atomic mass is 16.3. The number of nitrogens with one attached hydrogen (secondary N) is 1. The molecule has 0 spiro atoms. The van der Waals surface area contributed by atoms with Gasteiger partial charge in [-0.25, -0.2) is 0 Å². The number of carbonyl (C=O) groups excluding carboxylic acids is 1. The lowest BCUT2D eigenvalue weighted by molar-refractivity contribution is -0.131. The third-order valence-electron chi connectivity index (χ3n) is 3.40. The van der Waals surface area contributed by atoms with Gasteiger partial charge in [0, 0.05) is 26.2 Å². The number of amides is 1. The van der Waals surface area contributed by atoms with Gasteiger partial charge in [-0.15, -0.1) is 0 Å². The molecule has 3 N–H and O–H groups in total. The first-order valence-electron chi connectivity index (χ1n) is 6.24. The van der Waals surface area contributed by atoms with Crippen LogP contribution in [0.5, 0.6) is 0 Å². The molecule has 0 bridgehead atoms. The predicted molar refractivity (Wildman–Crippen MR) is 62.5 cm³/mol. The Morgan fingerprint density at radius 1 is 1.18 bits per heavy atom. The first-order chi connectivity index (χ1) is 8.16. The van der Waals surface area contributed by atoms with Crippen molar-refractivity contribution in [3.05, 3.63) is 0 Å². The van der Waals surface area contributed by atoms with Gasteiger partial charge in [0.25, 0.3) is 0 Å². The number of hydrogen-bond acceptors (Lipinski definition) is 5. The molecular formula is C11H21N3O3. The molecule has 0 aliphatic carbocycles. The number of hydrogen-bond donors (Lipinski definition) is 3. The number of likely N-dealkylation sites (tertiary alicyclic amines) is 1. The van der Waals surface area contributed by atoms with Crippen LogP contribution in [0.15, 0.2) is 0 Å². The van der Waals surface area contributed by atoms with Crippen LogP contribution in [0, 0.1) is 0 Å². The van der Waals surface area contributed by atoms with Crippen molar-refractivity contribution in [2.75, 3.05) is 45.8 Å². The molecule has 0 unspecified atom stereocenters. The molecule has 0 saturated carbocycles. The van der Waals surface area contributed by atoms with Crippen LogP contribution in [0.2, 0.25) is 0 Å². The summed E-state index contributed by atoms with van der Waals surface area (Å²) in [6, 6.07) is 0. The Balaban J connectivity index is 1.80. The molecule has 2 fully saturated rings. The maximum Gasteiger partial charge on any atom is 0.236 e. The first kappa shape index (κ1) is 12.8. The summed E-state index contributed by atoms with van der Waals surface area (Å²) >= 11 is 0. The standard InChI is InChI=1S/C11H21N3O3/c15-9-6-14(7-10(9)16)11(17)8-13-4-1-2-12-3-5-13/h9-10,12,15-16H,1-8H2/t9-,10+. The third-order valence-corrected chi connectivity index (χ3v) is 3.40. The number of carbonyl (C=O) groups is 1. The normalized spacial score (nSPS) is 31.5. The van der Waals surface area contributed by atoms with Gasteiger partial charge in [-0.3, -0.25) is 9.69 Å². The van der Waals surface area contributed by atoms with Crippen molar-refractivity contribution >= 4 is 5.91 Å². The summed E-state index contributed by atoms with van der Waals surface area (Å²) in [7, 11) is 0. The van der Waals surface area contributed by atoms with E-state index in [1.54, 1.807) is 4.90 Å². The van der Waals surface area contributed by atoms with Gasteiger partial charge >= 0.3 is 0 Å². The molecule has 2 atom stereocenters. The lowest BCUT2D eigenvalue weighted by Gasteiger charge is -2.22. The summed E-state index contributed by atoms with van der Waals surface area (Å²) in [5.41, 5.74) is 0. The van der Waals surface area contributed by atoms with E-state index in [1.807, 2.05) is 0 Å². The van der Waals surface area contributed by atoms with Gasteiger partial charge in [0.1, 0.15) is 0 Å². The summed E-state index contributed by atoms with van der Waals surface area (Å²) in [6.45, 7) is 4.63. The third kappa shape index (κ3) is 3.38. The lowest BCUT2D eigenvalue weighted by Crippen LogP contribution is -2.41. The fraction of sp³-hybridized carbons (Fsp3) is 0.909. The van der Waals surface area contributed by atoms with Crippen LogP contribution in [0.4, 0.5) is 0 Å². The van der Waals surface area contributed by atoms with Crippen molar-refractivity contribution in [2.45, 2.75) is 18.6 Å². The van der Waals surface area contributed by atoms with Crippen molar-refractivity contribution in [3.63, 3.8) is 0 Å². The van der Waals surface area contributed by atoms with Crippen molar-refractivity contribution in [1.82, 2.24) is 15.1 Å². The Bertz CT molecular complexity index is 257. The molecule has 0 aromatic rings. The number of nitrogens with zero attached hydrogens (tertiary/aromatic N) is 2. The van der Waals surface area contributed by atoms with Gasteiger partial charge < -0.3 is 20.4 Å². The Labute approximate surface area is 101 Å². The molecule has 6 nitrogen and oxygen atoms in total. The smallest absolute Gasteiger partial charge is 0.236 e. The monoisotopic (exact) mass is 243 g/mol. The minimum absolute atomic E-state index is 0.00231. The zero-order chi connectivity index (χ0) is 12.3. The Morgan fingerprint density at radius 3 is 2.59 bits per heavy atom. The number of aliphatic hydroxyl groups is 2. The van der Waals surface area contributed by atoms with E-state index in [4.69, 9.17) is 0 Å². The van der Waals surface area contributed by atoms with Crippen LogP contribution in [0.3, 0.4) is 0 Å². The Morgan fingerprint density at radius 2 is 1.88 bits per heavy atom. The summed E-state index contributed by atoms with van der Waals surface area (Å²) < 4.78 is 0. The molecule has 2 aliphatic heterocycles. The fourth-order valence-electron chi connectivity index (χ4n) is 2.32. The van der Waals surface area contributed by atoms with Gasteiger partial charge in [0.05, 0.1) is 18.8 Å². The van der Waals surface area contributed by atoms with Gasteiger partial charge in [0.2, 0.25) is 5.91 Å². The predicted octanol–water partition coefficient (Wildman–Crippen LogP) is -2.15. The fourth-order valence-corrected chi connectivity index (χ4v) is 2.32. The van der Waals surface area contributed by atoms with E-state index in [2.05, 4.69) is 10.2 Å². The van der Waals surface area contributed by atoms with Crippen LogP contribution in [-0.4, -0.2) is 83.9 Å². The Hall–Kier alpha value is -0.690. The number of β-amino-alcohol motifs (C(OH)–C–C–N with tert-alkyl or cyclic N) is 2. The number of aliphatic hydroxyl groups excluding tert-OH is 2. The van der Waals surface area contributed by atoms with Crippen LogP contribution < -0.4 is 5.32 Å². The Kier molecular flexibility index (Phi) is 4.33. The van der Waals surface area contributed by atoms with E-state index < -0.39 is 12.2 Å². The first-order valence-corrected chi connectivity index (χ1v) is 6.24. The summed E-state index contributed by atoms with van der Waals surface area (Å²) in [6.07, 6.45) is -0.520. The minimum Gasteiger partial charge on any atom is -0.388 e. The zero-order valence-corrected chi connectivity index (χ0v) is 10.0. The highest BCUT2D eigenvalue weighted by Gasteiger charge is 2.32. The van der Waals surface area contributed by atoms with E-state index in [-0.39, 0.29) is 19.0 Å². The molecule has 2 rings (SSSR count). The molecule has 98 valence electrons. The molecule has 0 aromatic carbocycles. The second kappa shape index (κ2) is 5.77. The molecule has 2 aliphatic rings. The van der Waals surface area contributed by atoms with Crippen LogP contribution in [0.1, 0.15) is 6.42 Å². The average molecular weight is 243 g/mol. The van der Waals surface area contributed by atoms with Crippen LogP contribution >= 0.6 is 0 Å². The quantitative estimate of drug-likeness (QED) is 0.515. The second-order valence-corrected chi connectivity index (χ2v) is 4.81. The maximum atomic E-state index is 12.0. The molecule has 0 radical (unpaired) electrons. The molecule has 17 heavy (non-hydrogen) atoms. The van der Waals surface area contributed by atoms with Gasteiger partial charge in [-0.2, -0.15) is 0 Å². The van der Waals surface area contributed by atoms with Gasteiger partial charge in [-0.1, -0.05) is 0 Å². The van der Waals surface area contributed by atoms with E-state index in [9.17, 15) is 15.0 Å². The van der Waals surface area contributed by atoms with E-state index in [1.165, 1.54) is 0 Å². The summed E-state index contributed by atoms with van der Waals surface area (Å²) in [5, 5.41) is 22.1. The average Bonchev–Trinajstić information content (AvgIpc) is 2.54. The van der Waals surface area contributed by atoms with Crippen LogP contribution in [-0.2, 0) is 4.79 Å². The van der Waals surface area contributed by atoms with Crippen molar-refractivity contribution in [3.8, 4) is 0 Å². The molecule has 6 heteroatoms. The van der Waals surface area contributed by atoms with Gasteiger partial charge in [-0.05, 0) is 19.5 Å². The van der Waals surface area contributed by atoms with Crippen molar-refractivity contribution < 1.29 is 15.0 Å². The topological polar surface area (TPSA) is 76.0 Å². The van der Waals surface area contributed by atoms with E-state index in [0.29, 0.717) is 6.54 Å². The molecule has 0 aromatic heterocycles. The molecule has 1 amide bonds. The van der Waals surface area contributed by atoms with E-state index in [0.717, 1.165) is 32.6 Å². The van der Waals surface area contributed by atoms with Gasteiger partial charge in [0.15, 0.2) is 0 Å². The largest absolute Gasteiger partial charge is 0.388 e. The second-order valence-electron chi connectivity index (χ2n) is 4.81. The summed E-state index contributed by atoms with van der Waals surface area (Å²) in [4.78, 5) is 15.6. The van der Waals surface area contributed by atoms with Crippen LogP contribution in [0.25, 0.3) is 0 Å². The molecular weight excluding hydrogens is 222 g/mol. The maximum absolute atomic E-state index is 12.0. The van der Waals surface area contributed by atoms with Crippen molar-refractivity contribution in [1.29, 1.82) is 0 Å². The zero-order valence-electron chi connectivity index (χ0n) is 10.0. The highest BCUT2D eigenvalue weighted by Crippen LogP contribution is 2.10. The molecule has 2 saturated heterocycles. The lowest BCUT2D eigenvalue weighted by atomic mass is 10.3. The SMILES string of the molecule is O=C(CN1CCCNCC1)N1C[C@@H](O)[C@@H](O)C1. The van der Waals surface area contributed by atoms with Crippen molar-refractivity contribution in [2.24, 2.45) is 0 Å². The van der Waals surface area contributed by atoms with E-state index >= 15 is 0 Å². The number of rotatable bonds is 2. The summed E-state index contributed by atoms with van der Waals surface area (Å²) in [5.74, 6) is 0.00231. The minimum atomic E-state index is -0.787. The highest BCUT2D eigenvalue weighted by molar-refractivity contribution is 5.78. The molecule has 2 heterocycles.